The van der Waals surface area contributed by atoms with Gasteiger partial charge in [-0.05, 0) is 55.5 Å². The first-order valence-corrected chi connectivity index (χ1v) is 11.0. The highest BCUT2D eigenvalue weighted by molar-refractivity contribution is 7.92. The van der Waals surface area contributed by atoms with E-state index < -0.39 is 10.0 Å². The van der Waals surface area contributed by atoms with Crippen LogP contribution in [0.1, 0.15) is 42.1 Å². The van der Waals surface area contributed by atoms with Crippen LogP contribution in [0.15, 0.2) is 47.4 Å². The van der Waals surface area contributed by atoms with Gasteiger partial charge >= 0.3 is 0 Å². The molecule has 3 rings (SSSR count). The van der Waals surface area contributed by atoms with E-state index in [9.17, 15) is 13.2 Å². The van der Waals surface area contributed by atoms with Crippen LogP contribution in [0.3, 0.4) is 0 Å². The molecule has 28 heavy (non-hydrogen) atoms. The summed E-state index contributed by atoms with van der Waals surface area (Å²) in [5, 5.41) is 0. The Hall–Kier alpha value is -2.54. The van der Waals surface area contributed by atoms with E-state index in [1.54, 1.807) is 17.0 Å². The van der Waals surface area contributed by atoms with Crippen molar-refractivity contribution in [2.75, 3.05) is 24.9 Å². The lowest BCUT2D eigenvalue weighted by Gasteiger charge is -2.27. The van der Waals surface area contributed by atoms with Crippen LogP contribution in [-0.2, 0) is 16.4 Å². The molecule has 0 saturated carbocycles. The van der Waals surface area contributed by atoms with Gasteiger partial charge in [0.05, 0.1) is 23.3 Å². The summed E-state index contributed by atoms with van der Waals surface area (Å²) in [6.07, 6.45) is 3.74. The summed E-state index contributed by atoms with van der Waals surface area (Å²) in [5.74, 6) is 0.186. The molecular formula is C21H26N2O4S. The standard InChI is InChI=1S/C21H26N2O4S/c1-3-16-9-5-6-10-19(16)22-28(25,26)17-11-12-20(27-2)18(15-17)21(24)23-13-7-4-8-14-23/h5-6,9-12,15,22H,3-4,7-8,13-14H2,1-2H3. The quantitative estimate of drug-likeness (QED) is 0.800. The third-order valence-corrected chi connectivity index (χ3v) is 6.36. The molecule has 2 aromatic rings. The van der Waals surface area contributed by atoms with Crippen LogP contribution in [0, 0.1) is 0 Å². The molecule has 1 aliphatic rings. The first-order valence-electron chi connectivity index (χ1n) is 9.54. The Morgan fingerprint density at radius 2 is 1.82 bits per heavy atom. The van der Waals surface area contributed by atoms with Crippen molar-refractivity contribution in [3.8, 4) is 5.75 Å². The second-order valence-electron chi connectivity index (χ2n) is 6.83. The van der Waals surface area contributed by atoms with Crippen molar-refractivity contribution in [3.63, 3.8) is 0 Å². The Morgan fingerprint density at radius 3 is 2.50 bits per heavy atom. The van der Waals surface area contributed by atoms with E-state index in [-0.39, 0.29) is 16.4 Å². The molecule has 6 nitrogen and oxygen atoms in total. The molecule has 1 saturated heterocycles. The molecule has 7 heteroatoms. The molecule has 1 fully saturated rings. The van der Waals surface area contributed by atoms with Crippen LogP contribution in [0.2, 0.25) is 0 Å². The minimum Gasteiger partial charge on any atom is -0.496 e. The van der Waals surface area contributed by atoms with E-state index in [1.165, 1.54) is 25.3 Å². The lowest BCUT2D eigenvalue weighted by atomic mass is 10.1. The van der Waals surface area contributed by atoms with Gasteiger partial charge in [0.25, 0.3) is 15.9 Å². The number of hydrogen-bond acceptors (Lipinski definition) is 4. The third kappa shape index (κ3) is 4.30. The Morgan fingerprint density at radius 1 is 1.11 bits per heavy atom. The molecule has 1 aliphatic heterocycles. The fourth-order valence-corrected chi connectivity index (χ4v) is 4.55. The largest absolute Gasteiger partial charge is 0.496 e. The number of sulfonamides is 1. The van der Waals surface area contributed by atoms with Crippen LogP contribution in [0.4, 0.5) is 5.69 Å². The van der Waals surface area contributed by atoms with Crippen LogP contribution in [0.5, 0.6) is 5.75 Å². The number of nitrogens with zero attached hydrogens (tertiary/aromatic N) is 1. The summed E-state index contributed by atoms with van der Waals surface area (Å²) in [6.45, 7) is 3.33. The first kappa shape index (κ1) is 20.2. The van der Waals surface area contributed by atoms with Gasteiger partial charge in [-0.3, -0.25) is 9.52 Å². The van der Waals surface area contributed by atoms with Crippen LogP contribution < -0.4 is 9.46 Å². The topological polar surface area (TPSA) is 75.7 Å². The molecule has 0 bridgehead atoms. The molecule has 2 aromatic carbocycles. The van der Waals surface area contributed by atoms with Gasteiger partial charge in [-0.25, -0.2) is 8.42 Å². The van der Waals surface area contributed by atoms with E-state index >= 15 is 0 Å². The maximum atomic E-state index is 12.9. The summed E-state index contributed by atoms with van der Waals surface area (Å²) >= 11 is 0. The van der Waals surface area contributed by atoms with E-state index in [4.69, 9.17) is 4.74 Å². The number of rotatable bonds is 6. The van der Waals surface area contributed by atoms with Crippen molar-refractivity contribution in [2.45, 2.75) is 37.5 Å². The van der Waals surface area contributed by atoms with Gasteiger partial charge in [0.15, 0.2) is 0 Å². The van der Waals surface area contributed by atoms with E-state index in [1.807, 2.05) is 19.1 Å². The molecule has 0 aromatic heterocycles. The lowest BCUT2D eigenvalue weighted by Crippen LogP contribution is -2.35. The second-order valence-corrected chi connectivity index (χ2v) is 8.51. The Labute approximate surface area is 166 Å². The molecule has 1 N–H and O–H groups in total. The zero-order valence-corrected chi connectivity index (χ0v) is 17.1. The zero-order chi connectivity index (χ0) is 20.1. The second kappa shape index (κ2) is 8.65. The predicted octanol–water partition coefficient (Wildman–Crippen LogP) is 3.68. The number of nitrogens with one attached hydrogen (secondary N) is 1. The number of anilines is 1. The van der Waals surface area contributed by atoms with Crippen LogP contribution in [-0.4, -0.2) is 39.4 Å². The Bertz CT molecular complexity index is 951. The van der Waals surface area contributed by atoms with Crippen molar-refractivity contribution in [3.05, 3.63) is 53.6 Å². The Kier molecular flexibility index (Phi) is 6.24. The predicted molar refractivity (Wildman–Crippen MR) is 109 cm³/mol. The fraction of sp³-hybridized carbons (Fsp3) is 0.381. The Balaban J connectivity index is 1.94. The summed E-state index contributed by atoms with van der Waals surface area (Å²) in [4.78, 5) is 14.8. The number of carbonyl (C=O) groups is 1. The summed E-state index contributed by atoms with van der Waals surface area (Å²) in [6, 6.07) is 11.7. The monoisotopic (exact) mass is 402 g/mol. The molecule has 0 aliphatic carbocycles. The summed E-state index contributed by atoms with van der Waals surface area (Å²) < 4.78 is 33.8. The molecule has 0 spiro atoms. The summed E-state index contributed by atoms with van der Waals surface area (Å²) in [7, 11) is -2.36. The minimum atomic E-state index is -3.83. The van der Waals surface area contributed by atoms with Gasteiger partial charge in [0.2, 0.25) is 0 Å². The zero-order valence-electron chi connectivity index (χ0n) is 16.3. The van der Waals surface area contributed by atoms with Crippen LogP contribution >= 0.6 is 0 Å². The number of para-hydroxylation sites is 1. The van der Waals surface area contributed by atoms with Crippen molar-refractivity contribution >= 4 is 21.6 Å². The lowest BCUT2D eigenvalue weighted by molar-refractivity contribution is 0.0720. The van der Waals surface area contributed by atoms with Gasteiger partial charge in [-0.15, -0.1) is 0 Å². The molecule has 0 radical (unpaired) electrons. The number of likely N-dealkylation sites (tertiary alicyclic amines) is 1. The van der Waals surface area contributed by atoms with E-state index in [0.29, 0.717) is 30.9 Å². The highest BCUT2D eigenvalue weighted by atomic mass is 32.2. The number of amides is 1. The molecule has 1 heterocycles. The number of benzene rings is 2. The van der Waals surface area contributed by atoms with E-state index in [0.717, 1.165) is 24.8 Å². The maximum Gasteiger partial charge on any atom is 0.261 e. The number of methoxy groups -OCH3 is 1. The number of hydrogen-bond donors (Lipinski definition) is 1. The number of ether oxygens (including phenoxy) is 1. The molecule has 150 valence electrons. The minimum absolute atomic E-state index is 0.0413. The smallest absolute Gasteiger partial charge is 0.261 e. The van der Waals surface area contributed by atoms with Crippen molar-refractivity contribution in [1.29, 1.82) is 0 Å². The van der Waals surface area contributed by atoms with Gasteiger partial charge in [-0.2, -0.15) is 0 Å². The van der Waals surface area contributed by atoms with Gasteiger partial charge in [0.1, 0.15) is 5.75 Å². The van der Waals surface area contributed by atoms with Gasteiger partial charge in [-0.1, -0.05) is 25.1 Å². The number of carbonyl (C=O) groups excluding carboxylic acids is 1. The SMILES string of the molecule is CCc1ccccc1NS(=O)(=O)c1ccc(OC)c(C(=O)N2CCCCC2)c1. The molecule has 1 amide bonds. The molecular weight excluding hydrogens is 376 g/mol. The van der Waals surface area contributed by atoms with Crippen molar-refractivity contribution < 1.29 is 17.9 Å². The first-order chi connectivity index (χ1) is 13.5. The van der Waals surface area contributed by atoms with Gasteiger partial charge < -0.3 is 9.64 Å². The fourth-order valence-electron chi connectivity index (χ4n) is 3.42. The van der Waals surface area contributed by atoms with Crippen molar-refractivity contribution in [1.82, 2.24) is 4.90 Å². The average molecular weight is 403 g/mol. The summed E-state index contributed by atoms with van der Waals surface area (Å²) in [5.41, 5.74) is 1.73. The average Bonchev–Trinajstić information content (AvgIpc) is 2.73. The molecule has 0 unspecified atom stereocenters. The molecule has 0 atom stereocenters. The highest BCUT2D eigenvalue weighted by Crippen LogP contribution is 2.27. The number of aryl methyl sites for hydroxylation is 1. The maximum absolute atomic E-state index is 12.9. The van der Waals surface area contributed by atoms with Gasteiger partial charge in [0, 0.05) is 13.1 Å². The van der Waals surface area contributed by atoms with Crippen LogP contribution in [0.25, 0.3) is 0 Å². The number of piperidine rings is 1. The van der Waals surface area contributed by atoms with E-state index in [2.05, 4.69) is 4.72 Å². The highest BCUT2D eigenvalue weighted by Gasteiger charge is 2.24. The van der Waals surface area contributed by atoms with Crippen molar-refractivity contribution in [2.24, 2.45) is 0 Å². The third-order valence-electron chi connectivity index (χ3n) is 5.00. The normalized spacial score (nSPS) is 14.6.